The largest absolute Gasteiger partial charge is 0.504 e. The molecule has 0 saturated heterocycles. The van der Waals surface area contributed by atoms with Gasteiger partial charge >= 0.3 is 5.97 Å². The smallest absolute Gasteiger partial charge is 0.309 e. The molecule has 0 aliphatic rings. The second-order valence-electron chi connectivity index (χ2n) is 4.31. The zero-order valence-electron chi connectivity index (χ0n) is 8.99. The molecular formula is C11H13BrO4. The highest BCUT2D eigenvalue weighted by Crippen LogP contribution is 2.36. The summed E-state index contributed by atoms with van der Waals surface area (Å²) in [5.74, 6) is -1.40. The molecule has 16 heavy (non-hydrogen) atoms. The predicted octanol–water partition coefficient (Wildman–Crippen LogP) is 2.51. The van der Waals surface area contributed by atoms with E-state index in [2.05, 4.69) is 15.9 Å². The van der Waals surface area contributed by atoms with Crippen LogP contribution in [0.3, 0.4) is 0 Å². The van der Waals surface area contributed by atoms with Crippen molar-refractivity contribution in [2.75, 3.05) is 0 Å². The van der Waals surface area contributed by atoms with E-state index in [0.29, 0.717) is 10.0 Å². The number of phenolic OH excluding ortho intramolecular Hbond substituents is 2. The molecule has 88 valence electrons. The third kappa shape index (κ3) is 2.66. The van der Waals surface area contributed by atoms with E-state index in [-0.39, 0.29) is 17.9 Å². The Balaban J connectivity index is 3.04. The summed E-state index contributed by atoms with van der Waals surface area (Å²) >= 11 is 3.08. The number of carboxylic acid groups (broad SMARTS) is 1. The Bertz CT molecular complexity index is 403. The molecule has 0 aliphatic carbocycles. The minimum Gasteiger partial charge on any atom is -0.504 e. The highest BCUT2D eigenvalue weighted by Gasteiger charge is 2.27. The van der Waals surface area contributed by atoms with Gasteiger partial charge in [0, 0.05) is 0 Å². The van der Waals surface area contributed by atoms with Gasteiger partial charge < -0.3 is 15.3 Å². The molecule has 0 aliphatic heterocycles. The van der Waals surface area contributed by atoms with Crippen molar-refractivity contribution in [1.82, 2.24) is 0 Å². The van der Waals surface area contributed by atoms with Crippen LogP contribution < -0.4 is 0 Å². The van der Waals surface area contributed by atoms with Crippen molar-refractivity contribution in [2.24, 2.45) is 5.41 Å². The summed E-state index contributed by atoms with van der Waals surface area (Å²) in [4.78, 5) is 10.9. The van der Waals surface area contributed by atoms with Gasteiger partial charge in [-0.1, -0.05) is 0 Å². The molecule has 1 rings (SSSR count). The van der Waals surface area contributed by atoms with Crippen molar-refractivity contribution in [3.63, 3.8) is 0 Å². The third-order valence-corrected chi connectivity index (χ3v) is 2.93. The molecule has 4 nitrogen and oxygen atoms in total. The van der Waals surface area contributed by atoms with Crippen molar-refractivity contribution in [3.05, 3.63) is 22.2 Å². The molecule has 0 aromatic heterocycles. The first kappa shape index (κ1) is 12.8. The molecular weight excluding hydrogens is 276 g/mol. The van der Waals surface area contributed by atoms with Crippen molar-refractivity contribution in [1.29, 1.82) is 0 Å². The van der Waals surface area contributed by atoms with Crippen molar-refractivity contribution in [3.8, 4) is 11.5 Å². The second kappa shape index (κ2) is 4.33. The number of aliphatic carboxylic acids is 1. The molecule has 0 spiro atoms. The molecule has 0 fully saturated rings. The van der Waals surface area contributed by atoms with Crippen LogP contribution in [0.1, 0.15) is 19.4 Å². The van der Waals surface area contributed by atoms with E-state index in [9.17, 15) is 15.0 Å². The first-order valence-corrected chi connectivity index (χ1v) is 5.47. The second-order valence-corrected chi connectivity index (χ2v) is 5.17. The lowest BCUT2D eigenvalue weighted by Gasteiger charge is -2.19. The summed E-state index contributed by atoms with van der Waals surface area (Å²) in [5.41, 5.74) is -0.266. The van der Waals surface area contributed by atoms with Crippen LogP contribution in [-0.4, -0.2) is 21.3 Å². The Labute approximate surface area is 102 Å². The summed E-state index contributed by atoms with van der Waals surface area (Å²) in [6.45, 7) is 3.21. The normalized spacial score (nSPS) is 11.4. The Morgan fingerprint density at radius 3 is 2.38 bits per heavy atom. The molecule has 1 aromatic carbocycles. The van der Waals surface area contributed by atoms with E-state index in [1.165, 1.54) is 6.07 Å². The van der Waals surface area contributed by atoms with Crippen LogP contribution in [0.15, 0.2) is 16.6 Å². The van der Waals surface area contributed by atoms with Crippen LogP contribution in [0.4, 0.5) is 0 Å². The maximum Gasteiger partial charge on any atom is 0.309 e. The van der Waals surface area contributed by atoms with E-state index < -0.39 is 11.4 Å². The molecule has 0 bridgehead atoms. The Hall–Kier alpha value is -1.23. The molecule has 0 saturated carbocycles. The highest BCUT2D eigenvalue weighted by atomic mass is 79.9. The molecule has 0 unspecified atom stereocenters. The van der Waals surface area contributed by atoms with Crippen molar-refractivity contribution >= 4 is 21.9 Å². The van der Waals surface area contributed by atoms with E-state index in [1.807, 2.05) is 0 Å². The number of hydrogen-bond acceptors (Lipinski definition) is 3. The molecule has 1 aromatic rings. The Morgan fingerprint density at radius 1 is 1.38 bits per heavy atom. The first-order valence-electron chi connectivity index (χ1n) is 4.68. The van der Waals surface area contributed by atoms with Gasteiger partial charge in [-0.15, -0.1) is 0 Å². The van der Waals surface area contributed by atoms with E-state index in [4.69, 9.17) is 5.11 Å². The number of benzene rings is 1. The van der Waals surface area contributed by atoms with Gasteiger partial charge in [0.25, 0.3) is 0 Å². The number of carbonyl (C=O) groups is 1. The summed E-state index contributed by atoms with van der Waals surface area (Å²) in [6, 6.07) is 2.96. The topological polar surface area (TPSA) is 77.8 Å². The maximum atomic E-state index is 10.9. The molecule has 0 radical (unpaired) electrons. The zero-order chi connectivity index (χ0) is 12.5. The average Bonchev–Trinajstić information content (AvgIpc) is 2.13. The fraction of sp³-hybridized carbons (Fsp3) is 0.364. The number of aromatic hydroxyl groups is 2. The number of phenols is 2. The van der Waals surface area contributed by atoms with Crippen molar-refractivity contribution < 1.29 is 20.1 Å². The van der Waals surface area contributed by atoms with Gasteiger partial charge in [-0.05, 0) is 53.9 Å². The lowest BCUT2D eigenvalue weighted by Crippen LogP contribution is -2.26. The van der Waals surface area contributed by atoms with E-state index >= 15 is 0 Å². The summed E-state index contributed by atoms with van der Waals surface area (Å²) in [6.07, 6.45) is 0.273. The van der Waals surface area contributed by atoms with E-state index in [0.717, 1.165) is 0 Å². The van der Waals surface area contributed by atoms with Crippen LogP contribution in [0.25, 0.3) is 0 Å². The number of hydrogen-bond donors (Lipinski definition) is 3. The Morgan fingerprint density at radius 2 is 1.94 bits per heavy atom. The maximum absolute atomic E-state index is 10.9. The Kier molecular flexibility index (Phi) is 3.48. The summed E-state index contributed by atoms with van der Waals surface area (Å²) in [7, 11) is 0. The minimum absolute atomic E-state index is 0.239. The molecule has 0 amide bonds. The van der Waals surface area contributed by atoms with Gasteiger partial charge in [-0.3, -0.25) is 4.79 Å². The average molecular weight is 289 g/mol. The van der Waals surface area contributed by atoms with Gasteiger partial charge in [0.05, 0.1) is 9.89 Å². The van der Waals surface area contributed by atoms with Gasteiger partial charge in [-0.25, -0.2) is 0 Å². The van der Waals surface area contributed by atoms with Crippen LogP contribution in [0, 0.1) is 5.41 Å². The number of halogens is 1. The highest BCUT2D eigenvalue weighted by molar-refractivity contribution is 9.10. The van der Waals surface area contributed by atoms with Crippen LogP contribution in [0.5, 0.6) is 11.5 Å². The summed E-state index contributed by atoms with van der Waals surface area (Å²) in [5, 5.41) is 27.7. The van der Waals surface area contributed by atoms with Crippen molar-refractivity contribution in [2.45, 2.75) is 20.3 Å². The standard InChI is InChI=1S/C11H13BrO4/c1-11(2,10(15)16)5-6-3-7(12)9(14)8(13)4-6/h3-4,13-14H,5H2,1-2H3,(H,15,16). The molecule has 5 heteroatoms. The SMILES string of the molecule is CC(C)(Cc1cc(O)c(O)c(Br)c1)C(=O)O. The first-order chi connectivity index (χ1) is 7.24. The lowest BCUT2D eigenvalue weighted by atomic mass is 9.86. The third-order valence-electron chi connectivity index (χ3n) is 2.33. The zero-order valence-corrected chi connectivity index (χ0v) is 10.6. The van der Waals surface area contributed by atoms with Gasteiger partial charge in [0.2, 0.25) is 0 Å². The minimum atomic E-state index is -0.914. The lowest BCUT2D eigenvalue weighted by molar-refractivity contribution is -0.146. The molecule has 0 heterocycles. The van der Waals surface area contributed by atoms with E-state index in [1.54, 1.807) is 19.9 Å². The fourth-order valence-corrected chi connectivity index (χ4v) is 1.82. The van der Waals surface area contributed by atoms with Crippen LogP contribution >= 0.6 is 15.9 Å². The molecule has 3 N–H and O–H groups in total. The van der Waals surface area contributed by atoms with Gasteiger partial charge in [0.15, 0.2) is 11.5 Å². The fourth-order valence-electron chi connectivity index (χ4n) is 1.33. The predicted molar refractivity (Wildman–Crippen MR) is 62.6 cm³/mol. The van der Waals surface area contributed by atoms with Gasteiger partial charge in [0.1, 0.15) is 0 Å². The number of carboxylic acids is 1. The molecule has 0 atom stereocenters. The monoisotopic (exact) mass is 288 g/mol. The number of rotatable bonds is 3. The van der Waals surface area contributed by atoms with Crippen LogP contribution in [-0.2, 0) is 11.2 Å². The van der Waals surface area contributed by atoms with Gasteiger partial charge in [-0.2, -0.15) is 0 Å². The van der Waals surface area contributed by atoms with Crippen LogP contribution in [0.2, 0.25) is 0 Å². The summed E-state index contributed by atoms with van der Waals surface area (Å²) < 4.78 is 0.351. The quantitative estimate of drug-likeness (QED) is 0.747.